The highest BCUT2D eigenvalue weighted by Crippen LogP contribution is 2.32. The minimum Gasteiger partial charge on any atom is -0.462 e. The Labute approximate surface area is 151 Å². The molecule has 2 unspecified atom stereocenters. The second kappa shape index (κ2) is 8.80. The van der Waals surface area contributed by atoms with Crippen molar-refractivity contribution >= 4 is 29.5 Å². The zero-order chi connectivity index (χ0) is 19.4. The van der Waals surface area contributed by atoms with E-state index >= 15 is 0 Å². The van der Waals surface area contributed by atoms with Crippen molar-refractivity contribution in [1.29, 1.82) is 0 Å². The summed E-state index contributed by atoms with van der Waals surface area (Å²) in [5, 5.41) is 0. The summed E-state index contributed by atoms with van der Waals surface area (Å²) in [4.78, 5) is 34.5. The Morgan fingerprint density at radius 1 is 1.20 bits per heavy atom. The zero-order valence-corrected chi connectivity index (χ0v) is 15.7. The van der Waals surface area contributed by atoms with Crippen molar-refractivity contribution in [1.82, 2.24) is 0 Å². The highest BCUT2D eigenvalue weighted by atomic mass is 35.5. The van der Waals surface area contributed by atoms with Crippen molar-refractivity contribution in [2.45, 2.75) is 59.3 Å². The van der Waals surface area contributed by atoms with Crippen LogP contribution >= 0.6 is 11.6 Å². The average molecular weight is 383 g/mol. The summed E-state index contributed by atoms with van der Waals surface area (Å²) in [6.07, 6.45) is -5.23. The fraction of sp³-hybridized carbons (Fsp3) is 0.812. The number of carbonyl (C=O) groups excluding carboxylic acids is 3. The van der Waals surface area contributed by atoms with Gasteiger partial charge >= 0.3 is 17.9 Å². The lowest BCUT2D eigenvalue weighted by atomic mass is 9.91. The van der Waals surface area contributed by atoms with Crippen LogP contribution in [-0.2, 0) is 33.3 Å². The fourth-order valence-electron chi connectivity index (χ4n) is 2.20. The molecule has 1 saturated heterocycles. The summed E-state index contributed by atoms with van der Waals surface area (Å²) >= 11 is 5.39. The number of esters is 3. The summed E-state index contributed by atoms with van der Waals surface area (Å²) in [6, 6.07) is 0. The molecule has 1 rings (SSSR count). The van der Waals surface area contributed by atoms with Gasteiger partial charge in [-0.1, -0.05) is 6.92 Å². The summed E-state index contributed by atoms with van der Waals surface area (Å²) in [6.45, 7) is 7.26. The van der Waals surface area contributed by atoms with Crippen LogP contribution in [0, 0.1) is 11.3 Å². The van der Waals surface area contributed by atoms with Crippen LogP contribution in [0.4, 0.5) is 4.39 Å². The van der Waals surface area contributed by atoms with E-state index in [-0.39, 0.29) is 6.61 Å². The van der Waals surface area contributed by atoms with E-state index in [1.54, 1.807) is 20.8 Å². The van der Waals surface area contributed by atoms with Gasteiger partial charge in [-0.25, -0.2) is 4.39 Å². The summed E-state index contributed by atoms with van der Waals surface area (Å²) in [5.41, 5.74) is -0.750. The molecule has 1 fully saturated rings. The molecule has 0 amide bonds. The van der Waals surface area contributed by atoms with Gasteiger partial charge in [0.15, 0.2) is 6.10 Å². The van der Waals surface area contributed by atoms with Crippen molar-refractivity contribution < 1.29 is 37.7 Å². The third kappa shape index (κ3) is 6.11. The van der Waals surface area contributed by atoms with Crippen molar-refractivity contribution in [2.75, 3.05) is 12.5 Å². The molecule has 0 aromatic heterocycles. The number of ether oxygens (including phenoxy) is 4. The Hall–Kier alpha value is -1.41. The van der Waals surface area contributed by atoms with Gasteiger partial charge < -0.3 is 18.9 Å². The Balaban J connectivity index is 2.85. The molecule has 1 aliphatic heterocycles. The Morgan fingerprint density at radius 2 is 1.80 bits per heavy atom. The van der Waals surface area contributed by atoms with Crippen LogP contribution in [0.3, 0.4) is 0 Å². The topological polar surface area (TPSA) is 88.1 Å². The molecule has 0 saturated carbocycles. The molecule has 144 valence electrons. The molecule has 0 aromatic carbocycles. The van der Waals surface area contributed by atoms with E-state index in [1.807, 2.05) is 0 Å². The maximum Gasteiger partial charge on any atom is 0.321 e. The van der Waals surface area contributed by atoms with Gasteiger partial charge in [-0.05, 0) is 20.8 Å². The van der Waals surface area contributed by atoms with Gasteiger partial charge in [-0.2, -0.15) is 0 Å². The molecule has 1 aliphatic rings. The van der Waals surface area contributed by atoms with Crippen molar-refractivity contribution in [3.8, 4) is 0 Å². The predicted octanol–water partition coefficient (Wildman–Crippen LogP) is 1.99. The van der Waals surface area contributed by atoms with Crippen molar-refractivity contribution in [2.24, 2.45) is 11.3 Å². The number of rotatable bonds is 5. The van der Waals surface area contributed by atoms with E-state index in [4.69, 9.17) is 30.5 Å². The van der Waals surface area contributed by atoms with Gasteiger partial charge in [0, 0.05) is 12.8 Å². The summed E-state index contributed by atoms with van der Waals surface area (Å²) < 4.78 is 35.1. The van der Waals surface area contributed by atoms with Crippen LogP contribution in [0.15, 0.2) is 0 Å². The lowest BCUT2D eigenvalue weighted by Gasteiger charge is -2.41. The number of carbonyl (C=O) groups is 3. The van der Waals surface area contributed by atoms with Gasteiger partial charge in [0.25, 0.3) is 0 Å². The first-order chi connectivity index (χ1) is 11.5. The fourth-order valence-corrected chi connectivity index (χ4v) is 2.27. The minimum atomic E-state index is -1.60. The molecule has 1 heterocycles. The Bertz CT molecular complexity index is 505. The van der Waals surface area contributed by atoms with Crippen LogP contribution in [0.5, 0.6) is 0 Å². The SMILES string of the molecule is CC(=O)O[C@@H]1OC(COC(=O)C(C)(C)C)[C@H](F)[C@H](C)C1OC(=O)CCl. The van der Waals surface area contributed by atoms with E-state index < -0.39 is 59.8 Å². The third-order valence-corrected chi connectivity index (χ3v) is 3.82. The molecule has 0 spiro atoms. The summed E-state index contributed by atoms with van der Waals surface area (Å²) in [7, 11) is 0. The normalized spacial score (nSPS) is 29.6. The smallest absolute Gasteiger partial charge is 0.321 e. The average Bonchev–Trinajstić information content (AvgIpc) is 2.51. The second-order valence-electron chi connectivity index (χ2n) is 6.89. The quantitative estimate of drug-likeness (QED) is 0.408. The Morgan fingerprint density at radius 3 is 2.28 bits per heavy atom. The molecule has 0 aliphatic carbocycles. The van der Waals surface area contributed by atoms with Crippen LogP contribution < -0.4 is 0 Å². The van der Waals surface area contributed by atoms with E-state index in [0.717, 1.165) is 6.92 Å². The van der Waals surface area contributed by atoms with Crippen molar-refractivity contribution in [3.63, 3.8) is 0 Å². The van der Waals surface area contributed by atoms with E-state index in [2.05, 4.69) is 0 Å². The molecule has 9 heteroatoms. The first kappa shape index (κ1) is 21.6. The lowest BCUT2D eigenvalue weighted by molar-refractivity contribution is -0.274. The predicted molar refractivity (Wildman–Crippen MR) is 85.5 cm³/mol. The maximum atomic E-state index is 14.6. The van der Waals surface area contributed by atoms with Crippen LogP contribution in [0.25, 0.3) is 0 Å². The minimum absolute atomic E-state index is 0.352. The maximum absolute atomic E-state index is 14.6. The molecular weight excluding hydrogens is 359 g/mol. The summed E-state index contributed by atoms with van der Waals surface area (Å²) in [5.74, 6) is -3.28. The van der Waals surface area contributed by atoms with Crippen LogP contribution in [-0.4, -0.2) is 55.1 Å². The molecular formula is C16H24ClFO7. The van der Waals surface area contributed by atoms with Crippen LogP contribution in [0.1, 0.15) is 34.6 Å². The standard InChI is InChI=1S/C16H24ClFO7/c1-8-12(18)10(7-22-15(21)16(3,4)5)24-14(23-9(2)19)13(8)25-11(20)6-17/h8,10,12-14H,6-7H2,1-5H3/t8-,10?,12+,13?,14+/m0/s1. The van der Waals surface area contributed by atoms with E-state index in [1.165, 1.54) is 6.92 Å². The van der Waals surface area contributed by atoms with E-state index in [9.17, 15) is 18.8 Å². The highest BCUT2D eigenvalue weighted by Gasteiger charge is 2.48. The molecule has 0 bridgehead atoms. The van der Waals surface area contributed by atoms with Gasteiger partial charge in [-0.3, -0.25) is 14.4 Å². The molecule has 5 atom stereocenters. The number of hydrogen-bond acceptors (Lipinski definition) is 7. The van der Waals surface area contributed by atoms with Gasteiger partial charge in [-0.15, -0.1) is 11.6 Å². The molecule has 7 nitrogen and oxygen atoms in total. The molecule has 0 N–H and O–H groups in total. The van der Waals surface area contributed by atoms with Crippen molar-refractivity contribution in [3.05, 3.63) is 0 Å². The lowest BCUT2D eigenvalue weighted by Crippen LogP contribution is -2.56. The molecule has 0 radical (unpaired) electrons. The van der Waals surface area contributed by atoms with Crippen LogP contribution in [0.2, 0.25) is 0 Å². The Kier molecular flexibility index (Phi) is 7.62. The van der Waals surface area contributed by atoms with Gasteiger partial charge in [0.05, 0.1) is 5.41 Å². The monoisotopic (exact) mass is 382 g/mol. The molecule has 0 aromatic rings. The van der Waals surface area contributed by atoms with E-state index in [0.29, 0.717) is 0 Å². The highest BCUT2D eigenvalue weighted by molar-refractivity contribution is 6.26. The first-order valence-corrected chi connectivity index (χ1v) is 8.40. The number of hydrogen-bond donors (Lipinski definition) is 0. The first-order valence-electron chi connectivity index (χ1n) is 7.86. The zero-order valence-electron chi connectivity index (χ0n) is 14.9. The van der Waals surface area contributed by atoms with Gasteiger partial charge in [0.2, 0.25) is 6.29 Å². The largest absolute Gasteiger partial charge is 0.462 e. The van der Waals surface area contributed by atoms with Gasteiger partial charge in [0.1, 0.15) is 24.8 Å². The number of alkyl halides is 2. The molecule has 25 heavy (non-hydrogen) atoms. The third-order valence-electron chi connectivity index (χ3n) is 3.60. The number of halogens is 2. The second-order valence-corrected chi connectivity index (χ2v) is 7.16.